The van der Waals surface area contributed by atoms with Gasteiger partial charge in [-0.2, -0.15) is 5.26 Å². The molecule has 1 heterocycles. The van der Waals surface area contributed by atoms with Crippen molar-refractivity contribution in [2.75, 3.05) is 0 Å². The number of hydrogen-bond acceptors (Lipinski definition) is 3. The first-order valence-electron chi connectivity index (χ1n) is 6.76. The minimum absolute atomic E-state index is 0.0217. The van der Waals surface area contributed by atoms with Crippen molar-refractivity contribution in [2.24, 2.45) is 7.05 Å². The van der Waals surface area contributed by atoms with Gasteiger partial charge >= 0.3 is 0 Å². The fraction of sp³-hybridized carbons (Fsp3) is 0.600. The number of nitriles is 1. The minimum Gasteiger partial charge on any atom is -0.350 e. The monoisotopic (exact) mass is 276 g/mol. The molecule has 20 heavy (non-hydrogen) atoms. The minimum atomic E-state index is -0.278. The Morgan fingerprint density at radius 1 is 1.50 bits per heavy atom. The summed E-state index contributed by atoms with van der Waals surface area (Å²) in [4.78, 5) is 12.0. The topological polar surface area (TPSA) is 69.8 Å². The van der Waals surface area contributed by atoms with Gasteiger partial charge in [-0.05, 0) is 46.2 Å². The molecular weight excluding hydrogens is 252 g/mol. The molecule has 0 saturated carbocycles. The maximum absolute atomic E-state index is 12.0. The predicted octanol–water partition coefficient (Wildman–Crippen LogP) is 1.60. The van der Waals surface area contributed by atoms with Crippen LogP contribution in [0.5, 0.6) is 0 Å². The Kier molecular flexibility index (Phi) is 4.96. The van der Waals surface area contributed by atoms with E-state index in [-0.39, 0.29) is 17.5 Å². The standard InChI is InChI=1S/C15H24N4O/c1-10(14(20)18-15(3,4)5)17-9-12-7-13(8-16)19(6)11(12)2/h7,10,17H,9H2,1-6H3,(H,18,20). The van der Waals surface area contributed by atoms with Gasteiger partial charge in [0.25, 0.3) is 0 Å². The summed E-state index contributed by atoms with van der Waals surface area (Å²) in [5, 5.41) is 15.1. The lowest BCUT2D eigenvalue weighted by molar-refractivity contribution is -0.124. The highest BCUT2D eigenvalue weighted by molar-refractivity contribution is 5.81. The molecule has 0 aliphatic heterocycles. The molecule has 5 heteroatoms. The molecule has 0 bridgehead atoms. The second-order valence-electron chi connectivity index (χ2n) is 6.15. The Labute approximate surface area is 121 Å². The van der Waals surface area contributed by atoms with E-state index in [9.17, 15) is 4.79 Å². The Bertz CT molecular complexity index is 531. The fourth-order valence-electron chi connectivity index (χ4n) is 1.88. The molecule has 1 aromatic heterocycles. The van der Waals surface area contributed by atoms with Crippen LogP contribution in [0.3, 0.4) is 0 Å². The van der Waals surface area contributed by atoms with E-state index >= 15 is 0 Å². The van der Waals surface area contributed by atoms with Gasteiger partial charge in [0.1, 0.15) is 11.8 Å². The lowest BCUT2D eigenvalue weighted by atomic mass is 10.1. The molecule has 0 fully saturated rings. The van der Waals surface area contributed by atoms with Crippen LogP contribution < -0.4 is 10.6 Å². The summed E-state index contributed by atoms with van der Waals surface area (Å²) >= 11 is 0. The highest BCUT2D eigenvalue weighted by Gasteiger charge is 2.19. The van der Waals surface area contributed by atoms with Crippen molar-refractivity contribution in [3.05, 3.63) is 23.0 Å². The first-order valence-corrected chi connectivity index (χ1v) is 6.76. The summed E-state index contributed by atoms with van der Waals surface area (Å²) in [7, 11) is 1.87. The molecule has 1 aromatic rings. The van der Waals surface area contributed by atoms with Crippen LogP contribution in [0.4, 0.5) is 0 Å². The lowest BCUT2D eigenvalue weighted by Gasteiger charge is -2.23. The van der Waals surface area contributed by atoms with Crippen LogP contribution in [0, 0.1) is 18.3 Å². The number of nitrogens with one attached hydrogen (secondary N) is 2. The maximum Gasteiger partial charge on any atom is 0.237 e. The van der Waals surface area contributed by atoms with Crippen LogP contribution in [0.1, 0.15) is 44.6 Å². The number of nitrogens with zero attached hydrogens (tertiary/aromatic N) is 2. The third kappa shape index (κ3) is 4.10. The van der Waals surface area contributed by atoms with Gasteiger partial charge < -0.3 is 15.2 Å². The third-order valence-electron chi connectivity index (χ3n) is 3.24. The van der Waals surface area contributed by atoms with Gasteiger partial charge in [0.2, 0.25) is 5.91 Å². The molecule has 0 aromatic carbocycles. The van der Waals surface area contributed by atoms with Crippen LogP contribution in [-0.2, 0) is 18.4 Å². The van der Waals surface area contributed by atoms with Crippen LogP contribution in [0.2, 0.25) is 0 Å². The van der Waals surface area contributed by atoms with Crippen LogP contribution in [-0.4, -0.2) is 22.1 Å². The van der Waals surface area contributed by atoms with Crippen molar-refractivity contribution < 1.29 is 4.79 Å². The Balaban J connectivity index is 2.64. The van der Waals surface area contributed by atoms with Gasteiger partial charge in [-0.25, -0.2) is 0 Å². The number of rotatable bonds is 4. The SMILES string of the molecule is Cc1c(CNC(C)C(=O)NC(C)(C)C)cc(C#N)n1C. The van der Waals surface area contributed by atoms with Crippen molar-refractivity contribution in [1.82, 2.24) is 15.2 Å². The molecule has 0 saturated heterocycles. The van der Waals surface area contributed by atoms with E-state index in [1.165, 1.54) is 0 Å². The molecule has 1 unspecified atom stereocenters. The first kappa shape index (κ1) is 16.3. The van der Waals surface area contributed by atoms with Crippen molar-refractivity contribution in [2.45, 2.75) is 52.7 Å². The largest absolute Gasteiger partial charge is 0.350 e. The Hall–Kier alpha value is -1.80. The molecule has 0 aliphatic carbocycles. The van der Waals surface area contributed by atoms with E-state index in [1.54, 1.807) is 0 Å². The Morgan fingerprint density at radius 2 is 2.10 bits per heavy atom. The Morgan fingerprint density at radius 3 is 2.55 bits per heavy atom. The number of carbonyl (C=O) groups excluding carboxylic acids is 1. The first-order chi connectivity index (χ1) is 9.15. The number of amides is 1. The van der Waals surface area contributed by atoms with E-state index in [0.29, 0.717) is 12.2 Å². The number of aromatic nitrogens is 1. The highest BCUT2D eigenvalue weighted by atomic mass is 16.2. The molecule has 0 aliphatic rings. The zero-order valence-electron chi connectivity index (χ0n) is 13.2. The summed E-state index contributed by atoms with van der Waals surface area (Å²) < 4.78 is 1.86. The molecule has 2 N–H and O–H groups in total. The van der Waals surface area contributed by atoms with Crippen molar-refractivity contribution in [3.8, 4) is 6.07 Å². The predicted molar refractivity (Wildman–Crippen MR) is 79.1 cm³/mol. The van der Waals surface area contributed by atoms with Crippen molar-refractivity contribution in [3.63, 3.8) is 0 Å². The smallest absolute Gasteiger partial charge is 0.237 e. The molecule has 1 atom stereocenters. The molecule has 0 radical (unpaired) electrons. The van der Waals surface area contributed by atoms with E-state index in [1.807, 2.05) is 52.3 Å². The van der Waals surface area contributed by atoms with Crippen LogP contribution in [0.25, 0.3) is 0 Å². The van der Waals surface area contributed by atoms with Gasteiger partial charge in [-0.15, -0.1) is 0 Å². The number of carbonyl (C=O) groups is 1. The zero-order chi connectivity index (χ0) is 15.5. The average molecular weight is 276 g/mol. The van der Waals surface area contributed by atoms with E-state index in [2.05, 4.69) is 16.7 Å². The molecular formula is C15H24N4O. The molecule has 1 amide bonds. The maximum atomic E-state index is 12.0. The molecule has 1 rings (SSSR count). The molecule has 0 spiro atoms. The van der Waals surface area contributed by atoms with Gasteiger partial charge in [-0.1, -0.05) is 0 Å². The van der Waals surface area contributed by atoms with Gasteiger partial charge in [0, 0.05) is 24.8 Å². The van der Waals surface area contributed by atoms with Crippen LogP contribution >= 0.6 is 0 Å². The normalized spacial score (nSPS) is 12.8. The van der Waals surface area contributed by atoms with Crippen molar-refractivity contribution >= 4 is 5.91 Å². The highest BCUT2D eigenvalue weighted by Crippen LogP contribution is 2.13. The van der Waals surface area contributed by atoms with Gasteiger partial charge in [0.15, 0.2) is 0 Å². The summed E-state index contributed by atoms with van der Waals surface area (Å²) in [5.41, 5.74) is 2.48. The summed E-state index contributed by atoms with van der Waals surface area (Å²) in [6.07, 6.45) is 0. The average Bonchev–Trinajstić information content (AvgIpc) is 2.61. The van der Waals surface area contributed by atoms with E-state index in [4.69, 9.17) is 5.26 Å². The van der Waals surface area contributed by atoms with Gasteiger partial charge in [-0.3, -0.25) is 4.79 Å². The number of hydrogen-bond donors (Lipinski definition) is 2. The molecule has 5 nitrogen and oxygen atoms in total. The third-order valence-corrected chi connectivity index (χ3v) is 3.24. The summed E-state index contributed by atoms with van der Waals surface area (Å²) in [6.45, 7) is 10.2. The summed E-state index contributed by atoms with van der Waals surface area (Å²) in [5.74, 6) is -0.0217. The van der Waals surface area contributed by atoms with E-state index < -0.39 is 0 Å². The fourth-order valence-corrected chi connectivity index (χ4v) is 1.88. The second kappa shape index (κ2) is 6.10. The van der Waals surface area contributed by atoms with Crippen molar-refractivity contribution in [1.29, 1.82) is 5.26 Å². The zero-order valence-corrected chi connectivity index (χ0v) is 13.2. The quantitative estimate of drug-likeness (QED) is 0.877. The van der Waals surface area contributed by atoms with Gasteiger partial charge in [0.05, 0.1) is 6.04 Å². The second-order valence-corrected chi connectivity index (χ2v) is 6.15. The van der Waals surface area contributed by atoms with E-state index in [0.717, 1.165) is 11.3 Å². The van der Waals surface area contributed by atoms with Crippen LogP contribution in [0.15, 0.2) is 6.07 Å². The summed E-state index contributed by atoms with van der Waals surface area (Å²) in [6, 6.07) is 3.73. The lowest BCUT2D eigenvalue weighted by Crippen LogP contribution is -2.49. The molecule has 110 valence electrons.